The maximum atomic E-state index is 12.3. The van der Waals surface area contributed by atoms with Gasteiger partial charge in [0.25, 0.3) is 5.91 Å². The van der Waals surface area contributed by atoms with E-state index >= 15 is 0 Å². The maximum absolute atomic E-state index is 12.3. The molecule has 0 aliphatic rings. The molecule has 4 rings (SSSR count). The number of nitrogens with zero attached hydrogens (tertiary/aromatic N) is 2. The molecule has 0 saturated carbocycles. The Kier molecular flexibility index (Phi) is 3.67. The van der Waals surface area contributed by atoms with E-state index in [1.165, 1.54) is 10.9 Å². The minimum atomic E-state index is -0.159. The zero-order valence-corrected chi connectivity index (χ0v) is 13.0. The highest BCUT2D eigenvalue weighted by molar-refractivity contribution is 5.94. The predicted molar refractivity (Wildman–Crippen MR) is 93.9 cm³/mol. The lowest BCUT2D eigenvalue weighted by Crippen LogP contribution is -2.26. The molecule has 118 valence electrons. The summed E-state index contributed by atoms with van der Waals surface area (Å²) in [6.07, 6.45) is 6.18. The van der Waals surface area contributed by atoms with Crippen LogP contribution in [0.25, 0.3) is 21.8 Å². The number of carbonyl (C=O) groups is 1. The van der Waals surface area contributed by atoms with Gasteiger partial charge in [-0.15, -0.1) is 0 Å². The molecule has 1 amide bonds. The van der Waals surface area contributed by atoms with Crippen LogP contribution in [0, 0.1) is 0 Å². The molecule has 0 aliphatic carbocycles. The van der Waals surface area contributed by atoms with E-state index in [-0.39, 0.29) is 5.91 Å². The van der Waals surface area contributed by atoms with Gasteiger partial charge in [-0.2, -0.15) is 0 Å². The molecule has 3 aromatic heterocycles. The third-order valence-electron chi connectivity index (χ3n) is 4.08. The van der Waals surface area contributed by atoms with Crippen LogP contribution >= 0.6 is 0 Å². The van der Waals surface area contributed by atoms with E-state index in [0.29, 0.717) is 12.2 Å². The largest absolute Gasteiger partial charge is 0.361 e. The third kappa shape index (κ3) is 2.72. The fourth-order valence-electron chi connectivity index (χ4n) is 2.83. The number of fused-ring (bicyclic) bond motifs is 2. The molecule has 0 fully saturated rings. The number of hydrogen-bond acceptors (Lipinski definition) is 3. The lowest BCUT2D eigenvalue weighted by atomic mass is 10.1. The van der Waals surface area contributed by atoms with Gasteiger partial charge in [0.15, 0.2) is 0 Å². The van der Waals surface area contributed by atoms with Crippen LogP contribution < -0.4 is 5.32 Å². The van der Waals surface area contributed by atoms with Crippen LogP contribution in [0.15, 0.2) is 61.1 Å². The molecule has 24 heavy (non-hydrogen) atoms. The van der Waals surface area contributed by atoms with Crippen LogP contribution in [0.4, 0.5) is 0 Å². The number of hydrogen-bond donors (Lipinski definition) is 2. The molecule has 2 N–H and O–H groups in total. The summed E-state index contributed by atoms with van der Waals surface area (Å²) in [4.78, 5) is 24.0. The van der Waals surface area contributed by atoms with Gasteiger partial charge in [0.1, 0.15) is 5.69 Å². The van der Waals surface area contributed by atoms with Crippen LogP contribution in [-0.2, 0) is 6.42 Å². The van der Waals surface area contributed by atoms with E-state index in [9.17, 15) is 4.79 Å². The summed E-state index contributed by atoms with van der Waals surface area (Å²) in [6.45, 7) is 0.566. The third-order valence-corrected chi connectivity index (χ3v) is 4.08. The molecule has 1 aromatic carbocycles. The summed E-state index contributed by atoms with van der Waals surface area (Å²) in [5.41, 5.74) is 3.51. The van der Waals surface area contributed by atoms with Crippen molar-refractivity contribution in [3.63, 3.8) is 0 Å². The Balaban J connectivity index is 1.44. The number of carbonyl (C=O) groups excluding carboxylic acids is 1. The molecule has 0 radical (unpaired) electrons. The van der Waals surface area contributed by atoms with Crippen molar-refractivity contribution in [2.45, 2.75) is 6.42 Å². The molecule has 0 atom stereocenters. The Labute approximate surface area is 138 Å². The zero-order chi connectivity index (χ0) is 16.4. The number of rotatable bonds is 4. The fraction of sp³-hybridized carbons (Fsp3) is 0.105. The topological polar surface area (TPSA) is 70.7 Å². The summed E-state index contributed by atoms with van der Waals surface area (Å²) in [7, 11) is 0. The zero-order valence-electron chi connectivity index (χ0n) is 13.0. The van der Waals surface area contributed by atoms with Crippen molar-refractivity contribution < 1.29 is 4.79 Å². The van der Waals surface area contributed by atoms with Gasteiger partial charge in [0, 0.05) is 41.4 Å². The number of aromatic nitrogens is 3. The summed E-state index contributed by atoms with van der Waals surface area (Å²) in [6, 6.07) is 13.6. The van der Waals surface area contributed by atoms with Gasteiger partial charge in [-0.3, -0.25) is 9.78 Å². The highest BCUT2D eigenvalue weighted by Crippen LogP contribution is 2.17. The lowest BCUT2D eigenvalue weighted by molar-refractivity contribution is 0.0949. The number of nitrogens with one attached hydrogen (secondary N) is 2. The summed E-state index contributed by atoms with van der Waals surface area (Å²) >= 11 is 0. The Morgan fingerprint density at radius 1 is 1.12 bits per heavy atom. The van der Waals surface area contributed by atoms with Gasteiger partial charge in [-0.25, -0.2) is 4.98 Å². The number of benzene rings is 1. The number of aromatic amines is 1. The smallest absolute Gasteiger partial charge is 0.269 e. The van der Waals surface area contributed by atoms with Crippen LogP contribution in [0.3, 0.4) is 0 Å². The van der Waals surface area contributed by atoms with Crippen molar-refractivity contribution in [3.05, 3.63) is 72.3 Å². The highest BCUT2D eigenvalue weighted by atomic mass is 16.1. The SMILES string of the molecule is O=C(NCCc1c[nH]c2ccccc12)c1ccc2cnccc2n1. The van der Waals surface area contributed by atoms with Gasteiger partial charge < -0.3 is 10.3 Å². The van der Waals surface area contributed by atoms with Crippen molar-refractivity contribution in [2.75, 3.05) is 6.54 Å². The van der Waals surface area contributed by atoms with Crippen molar-refractivity contribution in [1.82, 2.24) is 20.3 Å². The molecular formula is C19H16N4O. The van der Waals surface area contributed by atoms with E-state index in [4.69, 9.17) is 0 Å². The molecule has 5 nitrogen and oxygen atoms in total. The lowest BCUT2D eigenvalue weighted by Gasteiger charge is -2.05. The minimum absolute atomic E-state index is 0.159. The first kappa shape index (κ1) is 14.4. The Hall–Kier alpha value is -3.21. The first-order valence-corrected chi connectivity index (χ1v) is 7.85. The predicted octanol–water partition coefficient (Wildman–Crippen LogP) is 3.08. The molecule has 3 heterocycles. The second-order valence-corrected chi connectivity index (χ2v) is 5.63. The van der Waals surface area contributed by atoms with Gasteiger partial charge >= 0.3 is 0 Å². The maximum Gasteiger partial charge on any atom is 0.269 e. The molecule has 4 aromatic rings. The summed E-state index contributed by atoms with van der Waals surface area (Å²) in [5.74, 6) is -0.159. The quantitative estimate of drug-likeness (QED) is 0.608. The average molecular weight is 316 g/mol. The highest BCUT2D eigenvalue weighted by Gasteiger charge is 2.08. The van der Waals surface area contributed by atoms with E-state index in [1.807, 2.05) is 30.5 Å². The molecular weight excluding hydrogens is 300 g/mol. The Bertz CT molecular complexity index is 1020. The van der Waals surface area contributed by atoms with E-state index < -0.39 is 0 Å². The van der Waals surface area contributed by atoms with Crippen molar-refractivity contribution >= 4 is 27.7 Å². The van der Waals surface area contributed by atoms with Crippen molar-refractivity contribution in [3.8, 4) is 0 Å². The monoisotopic (exact) mass is 316 g/mol. The minimum Gasteiger partial charge on any atom is -0.361 e. The van der Waals surface area contributed by atoms with Crippen LogP contribution in [-0.4, -0.2) is 27.4 Å². The number of H-pyrrole nitrogens is 1. The van der Waals surface area contributed by atoms with Crippen LogP contribution in [0.2, 0.25) is 0 Å². The first-order valence-electron chi connectivity index (χ1n) is 7.85. The molecule has 0 unspecified atom stereocenters. The fourth-order valence-corrected chi connectivity index (χ4v) is 2.83. The molecule has 5 heteroatoms. The number of pyridine rings is 2. The van der Waals surface area contributed by atoms with Gasteiger partial charge in [-0.1, -0.05) is 18.2 Å². The van der Waals surface area contributed by atoms with E-state index in [1.54, 1.807) is 24.5 Å². The molecule has 0 spiro atoms. The van der Waals surface area contributed by atoms with Gasteiger partial charge in [0.2, 0.25) is 0 Å². The number of para-hydroxylation sites is 1. The standard InChI is InChI=1S/C19H16N4O/c24-19(18-6-5-14-11-20-9-8-16(14)23-18)21-10-7-13-12-22-17-4-2-1-3-15(13)17/h1-6,8-9,11-12,22H,7,10H2,(H,21,24). The number of amides is 1. The first-order chi connectivity index (χ1) is 11.8. The van der Waals surface area contributed by atoms with Crippen LogP contribution in [0.1, 0.15) is 16.1 Å². The Morgan fingerprint density at radius 3 is 3.00 bits per heavy atom. The van der Waals surface area contributed by atoms with Gasteiger partial charge in [-0.05, 0) is 36.2 Å². The summed E-state index contributed by atoms with van der Waals surface area (Å²) in [5, 5.41) is 5.06. The van der Waals surface area contributed by atoms with Crippen LogP contribution in [0.5, 0.6) is 0 Å². The second-order valence-electron chi connectivity index (χ2n) is 5.63. The average Bonchev–Trinajstić information content (AvgIpc) is 3.04. The molecule has 0 bridgehead atoms. The van der Waals surface area contributed by atoms with Crippen molar-refractivity contribution in [2.24, 2.45) is 0 Å². The normalized spacial score (nSPS) is 11.0. The van der Waals surface area contributed by atoms with E-state index in [2.05, 4.69) is 26.3 Å². The summed E-state index contributed by atoms with van der Waals surface area (Å²) < 4.78 is 0. The Morgan fingerprint density at radius 2 is 2.04 bits per heavy atom. The van der Waals surface area contributed by atoms with E-state index in [0.717, 1.165) is 22.8 Å². The second kappa shape index (κ2) is 6.12. The molecule has 0 saturated heterocycles. The molecule has 0 aliphatic heterocycles. The van der Waals surface area contributed by atoms with Gasteiger partial charge in [0.05, 0.1) is 5.52 Å². The van der Waals surface area contributed by atoms with Crippen molar-refractivity contribution in [1.29, 1.82) is 0 Å².